The maximum Gasteiger partial charge on any atom is 0.460 e. The molecule has 0 bridgehead atoms. The first-order valence-corrected chi connectivity index (χ1v) is 10.2. The summed E-state index contributed by atoms with van der Waals surface area (Å²) in [6.07, 6.45) is 1.76. The number of benzene rings is 2. The lowest BCUT2D eigenvalue weighted by Crippen LogP contribution is -2.41. The highest BCUT2D eigenvalue weighted by molar-refractivity contribution is 6.69. The topological polar surface area (TPSA) is 42.5 Å². The first-order valence-electron chi connectivity index (χ1n) is 10.2. The van der Waals surface area contributed by atoms with Crippen LogP contribution in [0.3, 0.4) is 0 Å². The van der Waals surface area contributed by atoms with Crippen LogP contribution in [0.25, 0.3) is 10.8 Å². The van der Waals surface area contributed by atoms with E-state index in [0.29, 0.717) is 0 Å². The van der Waals surface area contributed by atoms with Gasteiger partial charge in [0.15, 0.2) is 0 Å². The van der Waals surface area contributed by atoms with Crippen molar-refractivity contribution in [1.29, 1.82) is 0 Å². The fraction of sp³-hybridized carbons (Fsp3) is 0.455. The normalized spacial score (nSPS) is 20.6. The van der Waals surface area contributed by atoms with Gasteiger partial charge in [0.25, 0.3) is 0 Å². The maximum absolute atomic E-state index is 6.38. The van der Waals surface area contributed by atoms with Crippen molar-refractivity contribution in [3.63, 3.8) is 0 Å². The van der Waals surface area contributed by atoms with Crippen LogP contribution in [0.15, 0.2) is 48.6 Å². The Morgan fingerprint density at radius 2 is 1.54 bits per heavy atom. The van der Waals surface area contributed by atoms with Gasteiger partial charge < -0.3 is 19.8 Å². The van der Waals surface area contributed by atoms with Crippen LogP contribution in [0, 0.1) is 0 Å². The number of anilines is 2. The number of hydrogen-bond acceptors (Lipinski definition) is 4. The van der Waals surface area contributed by atoms with Gasteiger partial charge in [0.2, 0.25) is 0 Å². The monoisotopic (exact) mass is 376 g/mol. The second-order valence-corrected chi connectivity index (χ2v) is 9.33. The summed E-state index contributed by atoms with van der Waals surface area (Å²) in [6, 6.07) is 12.8. The van der Waals surface area contributed by atoms with Crippen molar-refractivity contribution in [2.24, 2.45) is 0 Å². The lowest BCUT2D eigenvalue weighted by Gasteiger charge is -2.32. The van der Waals surface area contributed by atoms with Crippen LogP contribution in [0.5, 0.6) is 0 Å². The summed E-state index contributed by atoms with van der Waals surface area (Å²) in [5.74, 6) is 0.216. The minimum absolute atomic E-state index is 0.115. The SMILES string of the molecule is C=C(C)CC(CB1Nc2cccc3cccc(c23)N1)B1OC(C)(C)C(C)(C)O1. The van der Waals surface area contributed by atoms with Crippen molar-refractivity contribution in [1.82, 2.24) is 0 Å². The van der Waals surface area contributed by atoms with Crippen molar-refractivity contribution in [2.45, 2.75) is 64.4 Å². The highest BCUT2D eigenvalue weighted by atomic mass is 16.7. The van der Waals surface area contributed by atoms with Gasteiger partial charge in [-0.2, -0.15) is 0 Å². The lowest BCUT2D eigenvalue weighted by molar-refractivity contribution is 0.00578. The molecule has 0 amide bonds. The number of hydrogen-bond donors (Lipinski definition) is 2. The van der Waals surface area contributed by atoms with Crippen LogP contribution >= 0.6 is 0 Å². The van der Waals surface area contributed by atoms with E-state index in [1.807, 2.05) is 0 Å². The summed E-state index contributed by atoms with van der Waals surface area (Å²) >= 11 is 0. The van der Waals surface area contributed by atoms with Gasteiger partial charge >= 0.3 is 14.1 Å². The summed E-state index contributed by atoms with van der Waals surface area (Å²) in [4.78, 5) is 0. The van der Waals surface area contributed by atoms with Crippen LogP contribution in [-0.2, 0) is 9.31 Å². The van der Waals surface area contributed by atoms with Crippen LogP contribution in [0.2, 0.25) is 12.1 Å². The van der Waals surface area contributed by atoms with Crippen molar-refractivity contribution < 1.29 is 9.31 Å². The third kappa shape index (κ3) is 3.44. The molecular weight excluding hydrogens is 346 g/mol. The van der Waals surface area contributed by atoms with Gasteiger partial charge in [-0.25, -0.2) is 0 Å². The first-order chi connectivity index (χ1) is 13.2. The molecule has 2 aromatic carbocycles. The Hall–Kier alpha value is -1.91. The maximum atomic E-state index is 6.38. The molecule has 1 unspecified atom stereocenters. The average Bonchev–Trinajstić information content (AvgIpc) is 2.82. The molecule has 0 radical (unpaired) electrons. The predicted molar refractivity (Wildman–Crippen MR) is 121 cm³/mol. The fourth-order valence-electron chi connectivity index (χ4n) is 4.23. The fourth-order valence-corrected chi connectivity index (χ4v) is 4.23. The van der Waals surface area contributed by atoms with Crippen LogP contribution < -0.4 is 10.5 Å². The number of nitrogens with one attached hydrogen (secondary N) is 2. The zero-order valence-electron chi connectivity index (χ0n) is 17.6. The van der Waals surface area contributed by atoms with Crippen molar-refractivity contribution >= 4 is 36.2 Å². The Labute approximate surface area is 169 Å². The van der Waals surface area contributed by atoms with E-state index < -0.39 is 0 Å². The molecule has 0 spiro atoms. The van der Waals surface area contributed by atoms with E-state index in [-0.39, 0.29) is 31.1 Å². The van der Waals surface area contributed by atoms with Crippen LogP contribution in [0.1, 0.15) is 41.0 Å². The van der Waals surface area contributed by atoms with Gasteiger partial charge in [0.1, 0.15) is 0 Å². The van der Waals surface area contributed by atoms with Gasteiger partial charge in [-0.3, -0.25) is 0 Å². The Kier molecular flexibility index (Phi) is 4.75. The van der Waals surface area contributed by atoms with E-state index in [1.54, 1.807) is 0 Å². The molecule has 1 saturated heterocycles. The molecule has 6 heteroatoms. The molecule has 4 rings (SSSR count). The zero-order chi connectivity index (χ0) is 20.1. The third-order valence-electron chi connectivity index (χ3n) is 6.37. The van der Waals surface area contributed by atoms with E-state index in [2.05, 4.69) is 88.1 Å². The Morgan fingerprint density at radius 3 is 2.04 bits per heavy atom. The second-order valence-electron chi connectivity index (χ2n) is 9.33. The molecule has 1 atom stereocenters. The molecule has 146 valence electrons. The lowest BCUT2D eigenvalue weighted by atomic mass is 9.54. The van der Waals surface area contributed by atoms with E-state index in [4.69, 9.17) is 9.31 Å². The molecular formula is C22H30B2N2O2. The molecule has 0 saturated carbocycles. The summed E-state index contributed by atoms with van der Waals surface area (Å²) < 4.78 is 12.8. The molecule has 2 aromatic rings. The van der Waals surface area contributed by atoms with Gasteiger partial charge in [-0.15, -0.1) is 6.58 Å². The average molecular weight is 376 g/mol. The molecule has 0 aromatic heterocycles. The summed E-state index contributed by atoms with van der Waals surface area (Å²) in [5, 5.41) is 9.86. The zero-order valence-corrected chi connectivity index (χ0v) is 17.6. The van der Waals surface area contributed by atoms with Gasteiger partial charge in [-0.1, -0.05) is 29.8 Å². The van der Waals surface area contributed by atoms with E-state index in [9.17, 15) is 0 Å². The third-order valence-corrected chi connectivity index (χ3v) is 6.37. The van der Waals surface area contributed by atoms with E-state index in [0.717, 1.165) is 18.3 Å². The standard InChI is InChI=1S/C22H30B2N2O2/c1-15(2)13-17(24-27-21(3,4)22(5,6)28-24)14-23-25-18-11-7-9-16-10-8-12-19(26-23)20(16)18/h7-12,17,25-26H,1,13-14H2,2-6H3. The minimum Gasteiger partial charge on any atom is -0.409 e. The quantitative estimate of drug-likeness (QED) is 0.527. The molecule has 2 aliphatic heterocycles. The Bertz CT molecular complexity index is 856. The van der Waals surface area contributed by atoms with Gasteiger partial charge in [0, 0.05) is 16.8 Å². The molecule has 1 fully saturated rings. The number of rotatable bonds is 5. The molecule has 2 N–H and O–H groups in total. The number of allylic oxidation sites excluding steroid dienone is 1. The molecule has 2 heterocycles. The van der Waals surface area contributed by atoms with Gasteiger partial charge in [-0.05, 0) is 70.7 Å². The molecule has 0 aliphatic carbocycles. The first kappa shape index (κ1) is 19.4. The minimum atomic E-state index is -0.323. The molecule has 4 nitrogen and oxygen atoms in total. The summed E-state index contributed by atoms with van der Waals surface area (Å²) in [7, 11) is -0.238. The predicted octanol–water partition coefficient (Wildman–Crippen LogP) is 5.59. The summed E-state index contributed by atoms with van der Waals surface area (Å²) in [6.45, 7) is 14.8. The van der Waals surface area contributed by atoms with Gasteiger partial charge in [0.05, 0.1) is 11.2 Å². The smallest absolute Gasteiger partial charge is 0.409 e. The van der Waals surface area contributed by atoms with Crippen molar-refractivity contribution in [3.8, 4) is 0 Å². The largest absolute Gasteiger partial charge is 0.460 e. The highest BCUT2D eigenvalue weighted by Crippen LogP contribution is 2.43. The Morgan fingerprint density at radius 1 is 1.00 bits per heavy atom. The van der Waals surface area contributed by atoms with Crippen LogP contribution in [0.4, 0.5) is 11.4 Å². The molecule has 2 aliphatic rings. The van der Waals surface area contributed by atoms with Crippen molar-refractivity contribution in [3.05, 3.63) is 48.6 Å². The van der Waals surface area contributed by atoms with Crippen molar-refractivity contribution in [2.75, 3.05) is 10.5 Å². The van der Waals surface area contributed by atoms with Crippen LogP contribution in [-0.4, -0.2) is 25.3 Å². The molecule has 28 heavy (non-hydrogen) atoms. The highest BCUT2D eigenvalue weighted by Gasteiger charge is 2.54. The van der Waals surface area contributed by atoms with E-state index in [1.165, 1.54) is 22.1 Å². The second kappa shape index (κ2) is 6.85. The Balaban J connectivity index is 1.56. The summed E-state index contributed by atoms with van der Waals surface area (Å²) in [5.41, 5.74) is 2.87. The van der Waals surface area contributed by atoms with E-state index >= 15 is 0 Å².